The van der Waals surface area contributed by atoms with Crippen LogP contribution < -0.4 is 5.73 Å². The Kier molecular flexibility index (Phi) is 2.47. The summed E-state index contributed by atoms with van der Waals surface area (Å²) in [5.41, 5.74) is 6.41. The van der Waals surface area contributed by atoms with Gasteiger partial charge in [0.05, 0.1) is 11.2 Å². The van der Waals surface area contributed by atoms with Crippen LogP contribution in [0.5, 0.6) is 5.75 Å². The number of nitrogens with zero attached hydrogens (tertiary/aromatic N) is 2. The molecule has 1 aromatic heterocycles. The van der Waals surface area contributed by atoms with E-state index in [-0.39, 0.29) is 16.3 Å². The number of benzene rings is 1. The monoisotopic (exact) mass is 241 g/mol. The lowest BCUT2D eigenvalue weighted by Crippen LogP contribution is -1.98. The number of aromatic nitrogens is 2. The van der Waals surface area contributed by atoms with Crippen molar-refractivity contribution in [2.24, 2.45) is 7.05 Å². The number of nitrogen functional groups attached to an aromatic ring is 1. The number of hydrogen-bond donors (Lipinski definition) is 2. The van der Waals surface area contributed by atoms with Crippen molar-refractivity contribution in [1.29, 1.82) is 0 Å². The van der Waals surface area contributed by atoms with E-state index in [4.69, 9.17) is 17.3 Å². The molecule has 16 heavy (non-hydrogen) atoms. The van der Waals surface area contributed by atoms with Crippen molar-refractivity contribution in [2.75, 3.05) is 5.73 Å². The summed E-state index contributed by atoms with van der Waals surface area (Å²) < 4.78 is 14.6. The summed E-state index contributed by atoms with van der Waals surface area (Å²) in [7, 11) is 1.65. The Morgan fingerprint density at radius 3 is 2.69 bits per heavy atom. The summed E-state index contributed by atoms with van der Waals surface area (Å²) in [4.78, 5) is 0. The number of aryl methyl sites for hydroxylation is 1. The molecule has 0 aliphatic heterocycles. The zero-order chi connectivity index (χ0) is 11.9. The Morgan fingerprint density at radius 2 is 2.12 bits per heavy atom. The highest BCUT2D eigenvalue weighted by Crippen LogP contribution is 2.38. The minimum Gasteiger partial charge on any atom is -0.506 e. The Bertz CT molecular complexity index is 553. The van der Waals surface area contributed by atoms with Crippen LogP contribution in [0.2, 0.25) is 5.02 Å². The molecule has 0 radical (unpaired) electrons. The number of aromatic hydroxyl groups is 1. The Labute approximate surface area is 96.1 Å². The minimum atomic E-state index is -0.541. The van der Waals surface area contributed by atoms with E-state index >= 15 is 0 Å². The fraction of sp³-hybridized carbons (Fsp3) is 0.100. The molecule has 0 bridgehead atoms. The molecule has 0 unspecified atom stereocenters. The number of hydrogen-bond acceptors (Lipinski definition) is 3. The number of halogens is 2. The molecule has 0 aliphatic rings. The molecule has 1 heterocycles. The van der Waals surface area contributed by atoms with Gasteiger partial charge in [-0.05, 0) is 12.1 Å². The summed E-state index contributed by atoms with van der Waals surface area (Å²) in [6.07, 6.45) is 1.44. The first-order chi connectivity index (χ1) is 7.50. The largest absolute Gasteiger partial charge is 0.506 e. The van der Waals surface area contributed by atoms with Gasteiger partial charge in [0, 0.05) is 18.2 Å². The quantitative estimate of drug-likeness (QED) is 0.804. The van der Waals surface area contributed by atoms with Gasteiger partial charge in [-0.15, -0.1) is 0 Å². The van der Waals surface area contributed by atoms with Crippen molar-refractivity contribution < 1.29 is 9.50 Å². The normalized spacial score (nSPS) is 10.7. The molecular formula is C10H9ClFN3O. The van der Waals surface area contributed by atoms with Crippen LogP contribution in [0, 0.1) is 5.82 Å². The molecule has 6 heteroatoms. The van der Waals surface area contributed by atoms with Crippen LogP contribution >= 0.6 is 11.6 Å². The van der Waals surface area contributed by atoms with Gasteiger partial charge in [-0.1, -0.05) is 11.6 Å². The maximum atomic E-state index is 13.2. The number of rotatable bonds is 1. The van der Waals surface area contributed by atoms with Gasteiger partial charge in [0.15, 0.2) is 0 Å². The van der Waals surface area contributed by atoms with E-state index in [1.165, 1.54) is 10.9 Å². The zero-order valence-corrected chi connectivity index (χ0v) is 9.16. The summed E-state index contributed by atoms with van der Waals surface area (Å²) in [6.45, 7) is 0. The predicted octanol–water partition coefficient (Wildman–Crippen LogP) is 2.17. The number of phenolic OH excluding ortho intramolecular Hbond substituents is 1. The topological polar surface area (TPSA) is 64.1 Å². The van der Waals surface area contributed by atoms with E-state index in [0.717, 1.165) is 12.1 Å². The maximum absolute atomic E-state index is 13.2. The highest BCUT2D eigenvalue weighted by Gasteiger charge is 2.15. The first kappa shape index (κ1) is 10.8. The third kappa shape index (κ3) is 1.59. The van der Waals surface area contributed by atoms with Crippen molar-refractivity contribution in [3.05, 3.63) is 29.2 Å². The van der Waals surface area contributed by atoms with Gasteiger partial charge in [-0.3, -0.25) is 4.68 Å². The molecule has 3 N–H and O–H groups in total. The van der Waals surface area contributed by atoms with E-state index < -0.39 is 5.82 Å². The van der Waals surface area contributed by atoms with Crippen LogP contribution in [0.1, 0.15) is 0 Å². The predicted molar refractivity (Wildman–Crippen MR) is 59.7 cm³/mol. The SMILES string of the molecule is Cn1ncc(-c2cc(F)cc(Cl)c2O)c1N. The van der Waals surface area contributed by atoms with Crippen LogP contribution in [0.15, 0.2) is 18.3 Å². The Morgan fingerprint density at radius 1 is 1.44 bits per heavy atom. The van der Waals surface area contributed by atoms with Gasteiger partial charge < -0.3 is 10.8 Å². The molecular weight excluding hydrogens is 233 g/mol. The van der Waals surface area contributed by atoms with E-state index in [1.54, 1.807) is 7.05 Å². The lowest BCUT2D eigenvalue weighted by atomic mass is 10.1. The molecule has 84 valence electrons. The van der Waals surface area contributed by atoms with Crippen LogP contribution in [0.25, 0.3) is 11.1 Å². The summed E-state index contributed by atoms with van der Waals surface area (Å²) in [5, 5.41) is 13.6. The molecule has 0 amide bonds. The first-order valence-electron chi connectivity index (χ1n) is 4.46. The minimum absolute atomic E-state index is 0.0572. The Hall–Kier alpha value is -1.75. The summed E-state index contributed by atoms with van der Waals surface area (Å²) >= 11 is 5.67. The molecule has 1 aromatic carbocycles. The van der Waals surface area contributed by atoms with Crippen LogP contribution in [0.3, 0.4) is 0 Å². The molecule has 0 spiro atoms. The smallest absolute Gasteiger partial charge is 0.142 e. The summed E-state index contributed by atoms with van der Waals surface area (Å²) in [5.74, 6) is -0.416. The van der Waals surface area contributed by atoms with Gasteiger partial charge in [0.2, 0.25) is 0 Å². The van der Waals surface area contributed by atoms with Gasteiger partial charge in [0.1, 0.15) is 17.4 Å². The standard InChI is InChI=1S/C10H9ClFN3O/c1-15-10(13)7(4-14-15)6-2-5(12)3-8(11)9(6)16/h2-4,16H,13H2,1H3. The van der Waals surface area contributed by atoms with Crippen molar-refractivity contribution in [2.45, 2.75) is 0 Å². The van der Waals surface area contributed by atoms with Crippen LogP contribution in [-0.2, 0) is 7.05 Å². The van der Waals surface area contributed by atoms with Crippen molar-refractivity contribution in [3.8, 4) is 16.9 Å². The molecule has 0 saturated heterocycles. The highest BCUT2D eigenvalue weighted by atomic mass is 35.5. The first-order valence-corrected chi connectivity index (χ1v) is 4.84. The Balaban J connectivity index is 2.69. The lowest BCUT2D eigenvalue weighted by Gasteiger charge is -2.06. The number of nitrogens with two attached hydrogens (primary N) is 1. The number of phenols is 1. The van der Waals surface area contributed by atoms with Crippen molar-refractivity contribution >= 4 is 17.4 Å². The van der Waals surface area contributed by atoms with Gasteiger partial charge in [0.25, 0.3) is 0 Å². The molecule has 0 saturated carbocycles. The molecule has 2 aromatic rings. The second-order valence-corrected chi connectivity index (χ2v) is 3.76. The van der Waals surface area contributed by atoms with Crippen molar-refractivity contribution in [1.82, 2.24) is 9.78 Å². The van der Waals surface area contributed by atoms with Crippen molar-refractivity contribution in [3.63, 3.8) is 0 Å². The maximum Gasteiger partial charge on any atom is 0.142 e. The number of anilines is 1. The van der Waals surface area contributed by atoms with E-state index in [1.807, 2.05) is 0 Å². The van der Waals surface area contributed by atoms with Crippen LogP contribution in [0.4, 0.5) is 10.2 Å². The molecule has 0 aliphatic carbocycles. The third-order valence-corrected chi connectivity index (χ3v) is 2.59. The average molecular weight is 242 g/mol. The van der Waals surface area contributed by atoms with E-state index in [0.29, 0.717) is 11.4 Å². The molecule has 2 rings (SSSR count). The second kappa shape index (κ2) is 3.68. The second-order valence-electron chi connectivity index (χ2n) is 3.35. The molecule has 0 fully saturated rings. The highest BCUT2D eigenvalue weighted by molar-refractivity contribution is 6.32. The fourth-order valence-electron chi connectivity index (χ4n) is 1.43. The zero-order valence-electron chi connectivity index (χ0n) is 8.41. The van der Waals surface area contributed by atoms with E-state index in [9.17, 15) is 9.50 Å². The summed E-state index contributed by atoms with van der Waals surface area (Å²) in [6, 6.07) is 2.20. The van der Waals surface area contributed by atoms with Gasteiger partial charge >= 0.3 is 0 Å². The lowest BCUT2D eigenvalue weighted by molar-refractivity contribution is 0.475. The van der Waals surface area contributed by atoms with Gasteiger partial charge in [-0.2, -0.15) is 5.10 Å². The molecule has 0 atom stereocenters. The van der Waals surface area contributed by atoms with E-state index in [2.05, 4.69) is 5.10 Å². The third-order valence-electron chi connectivity index (χ3n) is 2.30. The average Bonchev–Trinajstić information content (AvgIpc) is 2.54. The fourth-order valence-corrected chi connectivity index (χ4v) is 1.63. The molecule has 4 nitrogen and oxygen atoms in total. The van der Waals surface area contributed by atoms with Gasteiger partial charge in [-0.25, -0.2) is 4.39 Å². The van der Waals surface area contributed by atoms with Crippen LogP contribution in [-0.4, -0.2) is 14.9 Å².